The minimum Gasteiger partial charge on any atom is -0.490 e. The van der Waals surface area contributed by atoms with Gasteiger partial charge in [-0.3, -0.25) is 9.59 Å². The third-order valence-corrected chi connectivity index (χ3v) is 5.33. The topological polar surface area (TPSA) is 58.6 Å². The van der Waals surface area contributed by atoms with E-state index < -0.39 is 28.6 Å². The number of fused-ring (bicyclic) bond motifs is 1. The van der Waals surface area contributed by atoms with Gasteiger partial charge in [0.15, 0.2) is 0 Å². The zero-order valence-electron chi connectivity index (χ0n) is 18.5. The Morgan fingerprint density at radius 2 is 1.88 bits per heavy atom. The average molecular weight is 448 g/mol. The summed E-state index contributed by atoms with van der Waals surface area (Å²) in [6.07, 6.45) is -3.85. The molecule has 1 heterocycles. The van der Waals surface area contributed by atoms with Crippen LogP contribution in [0.3, 0.4) is 0 Å². The van der Waals surface area contributed by atoms with Crippen LogP contribution >= 0.6 is 0 Å². The van der Waals surface area contributed by atoms with Crippen molar-refractivity contribution in [3.63, 3.8) is 0 Å². The maximum Gasteiger partial charge on any atom is 0.417 e. The van der Waals surface area contributed by atoms with Gasteiger partial charge in [-0.2, -0.15) is 13.2 Å². The first-order valence-corrected chi connectivity index (χ1v) is 10.5. The molecule has 0 atom stereocenters. The summed E-state index contributed by atoms with van der Waals surface area (Å²) in [5.74, 6) is -0.146. The molecule has 0 unspecified atom stereocenters. The molecule has 8 heteroatoms. The summed E-state index contributed by atoms with van der Waals surface area (Å²) >= 11 is 0. The van der Waals surface area contributed by atoms with Crippen molar-refractivity contribution in [2.24, 2.45) is 11.3 Å². The lowest BCUT2D eigenvalue weighted by Gasteiger charge is -2.28. The Bertz CT molecular complexity index is 1020. The van der Waals surface area contributed by atoms with E-state index in [4.69, 9.17) is 4.74 Å². The number of rotatable bonds is 5. The van der Waals surface area contributed by atoms with E-state index in [1.807, 2.05) is 0 Å². The van der Waals surface area contributed by atoms with E-state index in [2.05, 4.69) is 19.2 Å². The second-order valence-electron chi connectivity index (χ2n) is 8.99. The Labute approximate surface area is 185 Å². The number of hydrogen-bond donors (Lipinski definition) is 1. The Hall–Kier alpha value is -3.03. The third kappa shape index (κ3) is 5.06. The summed E-state index contributed by atoms with van der Waals surface area (Å²) in [4.78, 5) is 27.4. The van der Waals surface area contributed by atoms with Gasteiger partial charge < -0.3 is 15.0 Å². The van der Waals surface area contributed by atoms with Crippen molar-refractivity contribution in [1.29, 1.82) is 0 Å². The highest BCUT2D eigenvalue weighted by Gasteiger charge is 2.38. The molecular formula is C24H27F3N2O3. The van der Waals surface area contributed by atoms with E-state index in [1.165, 1.54) is 12.1 Å². The zero-order valence-corrected chi connectivity index (χ0v) is 18.5. The highest BCUT2D eigenvalue weighted by atomic mass is 19.4. The maximum absolute atomic E-state index is 13.3. The Kier molecular flexibility index (Phi) is 6.53. The van der Waals surface area contributed by atoms with E-state index >= 15 is 0 Å². The predicted octanol–water partition coefficient (Wildman–Crippen LogP) is 5.76. The molecule has 0 aliphatic carbocycles. The van der Waals surface area contributed by atoms with Gasteiger partial charge in [0.2, 0.25) is 5.91 Å². The second kappa shape index (κ2) is 8.84. The first-order chi connectivity index (χ1) is 14.9. The van der Waals surface area contributed by atoms with Crippen LogP contribution in [0.5, 0.6) is 5.75 Å². The van der Waals surface area contributed by atoms with Crippen LogP contribution in [0, 0.1) is 11.3 Å². The lowest BCUT2D eigenvalue weighted by molar-refractivity contribution is -0.137. The Balaban J connectivity index is 1.91. The fourth-order valence-electron chi connectivity index (χ4n) is 3.46. The standard InChI is InChI=1S/C24H27F3N2O3/c1-15(2)11-12-29-19-10-9-16(13-20(19)32-14-23(3,4)22(29)31)28-21(30)17-7-5-6-8-18(17)24(25,26)27/h5-10,13,15H,11-12,14H2,1-4H3,(H,28,30). The van der Waals surface area contributed by atoms with Gasteiger partial charge in [-0.05, 0) is 50.5 Å². The number of carbonyl (C=O) groups is 2. The van der Waals surface area contributed by atoms with Gasteiger partial charge in [-0.15, -0.1) is 0 Å². The molecule has 0 saturated heterocycles. The fraction of sp³-hybridized carbons (Fsp3) is 0.417. The van der Waals surface area contributed by atoms with E-state index in [1.54, 1.807) is 36.9 Å². The molecule has 0 saturated carbocycles. The van der Waals surface area contributed by atoms with Gasteiger partial charge in [0.25, 0.3) is 5.91 Å². The van der Waals surface area contributed by atoms with Crippen LogP contribution in [-0.4, -0.2) is 25.0 Å². The molecule has 1 N–H and O–H groups in total. The third-order valence-electron chi connectivity index (χ3n) is 5.33. The van der Waals surface area contributed by atoms with Crippen LogP contribution in [0.15, 0.2) is 42.5 Å². The van der Waals surface area contributed by atoms with Gasteiger partial charge in [0, 0.05) is 18.3 Å². The predicted molar refractivity (Wildman–Crippen MR) is 117 cm³/mol. The van der Waals surface area contributed by atoms with Crippen LogP contribution in [0.1, 0.15) is 50.0 Å². The first-order valence-electron chi connectivity index (χ1n) is 10.5. The normalized spacial score (nSPS) is 15.8. The van der Waals surface area contributed by atoms with E-state index in [0.29, 0.717) is 23.9 Å². The smallest absolute Gasteiger partial charge is 0.417 e. The van der Waals surface area contributed by atoms with Crippen LogP contribution in [0.25, 0.3) is 0 Å². The minimum absolute atomic E-state index is 0.0622. The molecule has 2 aromatic rings. The number of ether oxygens (including phenoxy) is 1. The van der Waals surface area contributed by atoms with Crippen LogP contribution in [0.4, 0.5) is 24.5 Å². The first kappa shape index (κ1) is 23.6. The molecule has 1 aliphatic heterocycles. The van der Waals surface area contributed by atoms with Crippen LogP contribution in [-0.2, 0) is 11.0 Å². The molecule has 0 fully saturated rings. The number of alkyl halides is 3. The highest BCUT2D eigenvalue weighted by Crippen LogP contribution is 2.39. The largest absolute Gasteiger partial charge is 0.490 e. The van der Waals surface area contributed by atoms with Crippen molar-refractivity contribution in [2.45, 2.75) is 40.3 Å². The average Bonchev–Trinajstić information content (AvgIpc) is 2.80. The Morgan fingerprint density at radius 1 is 1.19 bits per heavy atom. The molecule has 5 nitrogen and oxygen atoms in total. The summed E-state index contributed by atoms with van der Waals surface area (Å²) in [5, 5.41) is 2.52. The number of nitrogens with zero attached hydrogens (tertiary/aromatic N) is 1. The summed E-state index contributed by atoms with van der Waals surface area (Å²) in [6.45, 7) is 8.41. The molecule has 172 valence electrons. The number of carbonyl (C=O) groups excluding carboxylic acids is 2. The van der Waals surface area contributed by atoms with Gasteiger partial charge in [-0.1, -0.05) is 26.0 Å². The van der Waals surface area contributed by atoms with Crippen molar-refractivity contribution >= 4 is 23.2 Å². The second-order valence-corrected chi connectivity index (χ2v) is 8.99. The number of nitrogens with one attached hydrogen (secondary N) is 1. The minimum atomic E-state index is -4.65. The van der Waals surface area contributed by atoms with E-state index in [9.17, 15) is 22.8 Å². The van der Waals surface area contributed by atoms with Gasteiger partial charge in [-0.25, -0.2) is 0 Å². The summed E-state index contributed by atoms with van der Waals surface area (Å²) in [6, 6.07) is 9.37. The summed E-state index contributed by atoms with van der Waals surface area (Å²) in [7, 11) is 0. The molecule has 2 amide bonds. The van der Waals surface area contributed by atoms with Crippen LogP contribution < -0.4 is 15.0 Å². The van der Waals surface area contributed by atoms with Gasteiger partial charge in [0.1, 0.15) is 12.4 Å². The van der Waals surface area contributed by atoms with Gasteiger partial charge >= 0.3 is 6.18 Å². The number of benzene rings is 2. The zero-order chi connectivity index (χ0) is 23.7. The van der Waals surface area contributed by atoms with Crippen molar-refractivity contribution in [3.05, 3.63) is 53.6 Å². The quantitative estimate of drug-likeness (QED) is 0.633. The molecule has 1 aliphatic rings. The Morgan fingerprint density at radius 3 is 2.53 bits per heavy atom. The maximum atomic E-state index is 13.3. The van der Waals surface area contributed by atoms with E-state index in [-0.39, 0.29) is 18.2 Å². The van der Waals surface area contributed by atoms with Crippen molar-refractivity contribution in [3.8, 4) is 5.75 Å². The fourth-order valence-corrected chi connectivity index (χ4v) is 3.46. The molecule has 0 radical (unpaired) electrons. The number of hydrogen-bond acceptors (Lipinski definition) is 3. The van der Waals surface area contributed by atoms with Crippen LogP contribution in [0.2, 0.25) is 0 Å². The molecular weight excluding hydrogens is 421 g/mol. The SMILES string of the molecule is CC(C)CCN1C(=O)C(C)(C)COc2cc(NC(=O)c3ccccc3C(F)(F)F)ccc21. The number of anilines is 2. The summed E-state index contributed by atoms with van der Waals surface area (Å²) < 4.78 is 45.7. The molecule has 0 spiro atoms. The molecule has 32 heavy (non-hydrogen) atoms. The lowest BCUT2D eigenvalue weighted by atomic mass is 9.92. The number of amides is 2. The lowest BCUT2D eigenvalue weighted by Crippen LogP contribution is -2.42. The number of halogens is 3. The molecule has 3 rings (SSSR count). The van der Waals surface area contributed by atoms with Gasteiger partial charge in [0.05, 0.1) is 22.2 Å². The molecule has 0 aromatic heterocycles. The van der Waals surface area contributed by atoms with E-state index in [0.717, 1.165) is 18.6 Å². The highest BCUT2D eigenvalue weighted by molar-refractivity contribution is 6.06. The van der Waals surface area contributed by atoms with Crippen molar-refractivity contribution < 1.29 is 27.5 Å². The summed E-state index contributed by atoms with van der Waals surface area (Å²) in [5.41, 5.74) is -1.36. The monoisotopic (exact) mass is 448 g/mol. The molecule has 0 bridgehead atoms. The molecule has 2 aromatic carbocycles. The van der Waals surface area contributed by atoms with Crippen molar-refractivity contribution in [1.82, 2.24) is 0 Å². The van der Waals surface area contributed by atoms with Crippen molar-refractivity contribution in [2.75, 3.05) is 23.4 Å².